The van der Waals surface area contributed by atoms with E-state index in [1.54, 1.807) is 0 Å². The quantitative estimate of drug-likeness (QED) is 0.849. The molecule has 112 valence electrons. The number of aryl methyl sites for hydroxylation is 1. The number of nitrogens with one attached hydrogen (secondary N) is 1. The number of fused-ring (bicyclic) bond motifs is 1. The second-order valence-corrected chi connectivity index (χ2v) is 6.63. The Morgan fingerprint density at radius 1 is 1.24 bits per heavy atom. The van der Waals surface area contributed by atoms with Crippen LogP contribution in [0.2, 0.25) is 0 Å². The molecule has 0 aliphatic carbocycles. The number of amides is 1. The summed E-state index contributed by atoms with van der Waals surface area (Å²) in [6.45, 7) is 8.38. The molecule has 1 atom stereocenters. The number of hydrogen-bond acceptors (Lipinski definition) is 3. The molecule has 0 radical (unpaired) electrons. The highest BCUT2D eigenvalue weighted by molar-refractivity contribution is 6.62. The van der Waals surface area contributed by atoms with Crippen molar-refractivity contribution in [2.45, 2.75) is 58.2 Å². The molecular weight excluding hydrogens is 265 g/mol. The van der Waals surface area contributed by atoms with Gasteiger partial charge in [-0.3, -0.25) is 4.79 Å². The monoisotopic (exact) mass is 287 g/mol. The van der Waals surface area contributed by atoms with Gasteiger partial charge in [-0.2, -0.15) is 0 Å². The van der Waals surface area contributed by atoms with E-state index in [0.717, 1.165) is 29.6 Å². The van der Waals surface area contributed by atoms with Crippen molar-refractivity contribution in [3.05, 3.63) is 23.8 Å². The van der Waals surface area contributed by atoms with Crippen LogP contribution in [-0.4, -0.2) is 24.2 Å². The molecule has 1 saturated heterocycles. The van der Waals surface area contributed by atoms with Gasteiger partial charge < -0.3 is 14.6 Å². The molecule has 1 unspecified atom stereocenters. The molecule has 0 spiro atoms. The van der Waals surface area contributed by atoms with Gasteiger partial charge in [-0.1, -0.05) is 19.1 Å². The fourth-order valence-electron chi connectivity index (χ4n) is 2.99. The minimum Gasteiger partial charge on any atom is -0.399 e. The first kappa shape index (κ1) is 14.6. The Morgan fingerprint density at radius 2 is 2.00 bits per heavy atom. The van der Waals surface area contributed by atoms with Crippen molar-refractivity contribution < 1.29 is 14.1 Å². The van der Waals surface area contributed by atoms with E-state index < -0.39 is 0 Å². The summed E-state index contributed by atoms with van der Waals surface area (Å²) >= 11 is 0. The summed E-state index contributed by atoms with van der Waals surface area (Å²) in [6.07, 6.45) is 2.22. The third-order valence-corrected chi connectivity index (χ3v) is 5.01. The maximum Gasteiger partial charge on any atom is 0.494 e. The molecule has 0 bridgehead atoms. The predicted octanol–water partition coefficient (Wildman–Crippen LogP) is 2.26. The Kier molecular flexibility index (Phi) is 3.37. The molecule has 3 rings (SSSR count). The van der Waals surface area contributed by atoms with Crippen molar-refractivity contribution in [3.63, 3.8) is 0 Å². The smallest absolute Gasteiger partial charge is 0.399 e. The van der Waals surface area contributed by atoms with Gasteiger partial charge in [-0.05, 0) is 50.7 Å². The molecular formula is C16H22BNO3. The van der Waals surface area contributed by atoms with Crippen molar-refractivity contribution >= 4 is 24.2 Å². The van der Waals surface area contributed by atoms with E-state index in [1.807, 2.05) is 12.1 Å². The molecule has 1 fully saturated rings. The second-order valence-electron chi connectivity index (χ2n) is 6.63. The first-order valence-electron chi connectivity index (χ1n) is 7.63. The van der Waals surface area contributed by atoms with Crippen LogP contribution in [-0.2, 0) is 20.5 Å². The van der Waals surface area contributed by atoms with Crippen LogP contribution in [0.15, 0.2) is 18.2 Å². The maximum absolute atomic E-state index is 11.4. The third kappa shape index (κ3) is 2.38. The molecule has 1 amide bonds. The lowest BCUT2D eigenvalue weighted by molar-refractivity contribution is -0.116. The molecule has 0 aromatic heterocycles. The lowest BCUT2D eigenvalue weighted by atomic mass is 9.77. The minimum absolute atomic E-state index is 0.0864. The van der Waals surface area contributed by atoms with E-state index in [2.05, 4.69) is 39.1 Å². The van der Waals surface area contributed by atoms with Gasteiger partial charge in [0.2, 0.25) is 5.91 Å². The van der Waals surface area contributed by atoms with Crippen LogP contribution in [0.25, 0.3) is 0 Å². The maximum atomic E-state index is 11.4. The van der Waals surface area contributed by atoms with Gasteiger partial charge in [0, 0.05) is 12.1 Å². The van der Waals surface area contributed by atoms with Crippen molar-refractivity contribution in [2.75, 3.05) is 5.32 Å². The summed E-state index contributed by atoms with van der Waals surface area (Å²) in [4.78, 5) is 11.4. The van der Waals surface area contributed by atoms with E-state index in [4.69, 9.17) is 9.31 Å². The molecule has 2 aliphatic heterocycles. The summed E-state index contributed by atoms with van der Waals surface area (Å²) in [5.74, 6) is 0.0864. The van der Waals surface area contributed by atoms with E-state index in [-0.39, 0.29) is 24.2 Å². The molecule has 5 heteroatoms. The van der Waals surface area contributed by atoms with E-state index >= 15 is 0 Å². The Balaban J connectivity index is 1.88. The standard InChI is InChI=1S/C16H22BNO3/c1-5-16(4)15(2,3)20-17(21-16)12-7-8-13-11(10-12)6-9-14(19)18-13/h7-8,10H,5-6,9H2,1-4H3,(H,18,19). The zero-order chi connectivity index (χ0) is 15.3. The fourth-order valence-corrected chi connectivity index (χ4v) is 2.99. The van der Waals surface area contributed by atoms with Crippen LogP contribution in [0.4, 0.5) is 5.69 Å². The average Bonchev–Trinajstić information content (AvgIpc) is 2.69. The number of anilines is 1. The van der Waals surface area contributed by atoms with Crippen molar-refractivity contribution in [2.24, 2.45) is 0 Å². The highest BCUT2D eigenvalue weighted by atomic mass is 16.7. The predicted molar refractivity (Wildman–Crippen MR) is 83.7 cm³/mol. The van der Waals surface area contributed by atoms with Gasteiger partial charge in [-0.25, -0.2) is 0 Å². The van der Waals surface area contributed by atoms with Crippen molar-refractivity contribution in [3.8, 4) is 0 Å². The summed E-state index contributed by atoms with van der Waals surface area (Å²) in [5, 5.41) is 2.90. The molecule has 1 aromatic rings. The first-order valence-corrected chi connectivity index (χ1v) is 7.63. The highest BCUT2D eigenvalue weighted by Gasteiger charge is 2.53. The summed E-state index contributed by atoms with van der Waals surface area (Å²) in [7, 11) is -0.340. The number of hydrogen-bond donors (Lipinski definition) is 1. The largest absolute Gasteiger partial charge is 0.494 e. The summed E-state index contributed by atoms with van der Waals surface area (Å²) in [5.41, 5.74) is 2.47. The highest BCUT2D eigenvalue weighted by Crippen LogP contribution is 2.39. The molecule has 2 heterocycles. The number of carbonyl (C=O) groups excluding carboxylic acids is 1. The van der Waals surface area contributed by atoms with Crippen LogP contribution in [0.5, 0.6) is 0 Å². The Hall–Kier alpha value is -1.33. The normalized spacial score (nSPS) is 27.4. The minimum atomic E-state index is -0.340. The number of carbonyl (C=O) groups is 1. The summed E-state index contributed by atoms with van der Waals surface area (Å²) in [6, 6.07) is 6.02. The Morgan fingerprint density at radius 3 is 2.67 bits per heavy atom. The van der Waals surface area contributed by atoms with Gasteiger partial charge >= 0.3 is 7.12 Å². The number of benzene rings is 1. The lowest BCUT2D eigenvalue weighted by Gasteiger charge is -2.35. The van der Waals surface area contributed by atoms with Gasteiger partial charge in [0.15, 0.2) is 0 Å². The molecule has 1 N–H and O–H groups in total. The van der Waals surface area contributed by atoms with E-state index in [0.29, 0.717) is 6.42 Å². The molecule has 2 aliphatic rings. The fraction of sp³-hybridized carbons (Fsp3) is 0.562. The Labute approximate surface area is 126 Å². The molecule has 21 heavy (non-hydrogen) atoms. The third-order valence-electron chi connectivity index (χ3n) is 5.01. The van der Waals surface area contributed by atoms with Crippen LogP contribution < -0.4 is 10.8 Å². The van der Waals surface area contributed by atoms with Crippen LogP contribution in [0.3, 0.4) is 0 Å². The van der Waals surface area contributed by atoms with E-state index in [1.165, 1.54) is 0 Å². The average molecular weight is 287 g/mol. The van der Waals surface area contributed by atoms with Crippen LogP contribution in [0.1, 0.15) is 46.1 Å². The Bertz CT molecular complexity index is 587. The first-order chi connectivity index (χ1) is 9.84. The second kappa shape index (κ2) is 4.85. The van der Waals surface area contributed by atoms with Gasteiger partial charge in [0.1, 0.15) is 0 Å². The zero-order valence-corrected chi connectivity index (χ0v) is 13.2. The van der Waals surface area contributed by atoms with Gasteiger partial charge in [0.05, 0.1) is 11.2 Å². The van der Waals surface area contributed by atoms with Crippen LogP contribution >= 0.6 is 0 Å². The molecule has 1 aromatic carbocycles. The zero-order valence-electron chi connectivity index (χ0n) is 13.2. The van der Waals surface area contributed by atoms with Gasteiger partial charge in [0.25, 0.3) is 0 Å². The van der Waals surface area contributed by atoms with Crippen molar-refractivity contribution in [1.82, 2.24) is 0 Å². The van der Waals surface area contributed by atoms with E-state index in [9.17, 15) is 4.79 Å². The lowest BCUT2D eigenvalue weighted by Crippen LogP contribution is -2.44. The van der Waals surface area contributed by atoms with Crippen molar-refractivity contribution in [1.29, 1.82) is 0 Å². The topological polar surface area (TPSA) is 47.6 Å². The number of rotatable bonds is 2. The molecule has 0 saturated carbocycles. The van der Waals surface area contributed by atoms with Gasteiger partial charge in [-0.15, -0.1) is 0 Å². The molecule has 4 nitrogen and oxygen atoms in total. The van der Waals surface area contributed by atoms with Crippen LogP contribution in [0, 0.1) is 0 Å². The summed E-state index contributed by atoms with van der Waals surface area (Å²) < 4.78 is 12.3. The SMILES string of the molecule is CCC1(C)OB(c2ccc3c(c2)CCC(=O)N3)OC1(C)C.